The Kier molecular flexibility index (Phi) is 5.84. The lowest BCUT2D eigenvalue weighted by Gasteiger charge is -2.27. The van der Waals surface area contributed by atoms with Crippen molar-refractivity contribution in [3.8, 4) is 5.75 Å². The molecule has 112 valence electrons. The Bertz CT molecular complexity index is 471. The summed E-state index contributed by atoms with van der Waals surface area (Å²) in [5.74, 6) is -0.0237. The van der Waals surface area contributed by atoms with E-state index in [9.17, 15) is 9.90 Å². The quantitative estimate of drug-likeness (QED) is 0.821. The molecule has 0 saturated heterocycles. The van der Waals surface area contributed by atoms with Gasteiger partial charge in [-0.05, 0) is 36.5 Å². The third-order valence-electron chi connectivity index (χ3n) is 3.19. The lowest BCUT2D eigenvalue weighted by Crippen LogP contribution is -2.31. The summed E-state index contributed by atoms with van der Waals surface area (Å²) in [7, 11) is 1.55. The molecular weight excluding hydrogens is 280 g/mol. The van der Waals surface area contributed by atoms with E-state index in [0.29, 0.717) is 10.8 Å². The van der Waals surface area contributed by atoms with Crippen molar-refractivity contribution < 1.29 is 19.4 Å². The van der Waals surface area contributed by atoms with E-state index in [1.807, 2.05) is 26.0 Å². The Morgan fingerprint density at radius 2 is 2.10 bits per heavy atom. The van der Waals surface area contributed by atoms with Gasteiger partial charge in [-0.2, -0.15) is 0 Å². The number of carbonyl (C=O) groups is 1. The van der Waals surface area contributed by atoms with Crippen LogP contribution in [0.1, 0.15) is 32.8 Å². The van der Waals surface area contributed by atoms with Crippen molar-refractivity contribution in [1.29, 1.82) is 0 Å². The molecule has 5 heteroatoms. The summed E-state index contributed by atoms with van der Waals surface area (Å²) in [6, 6.07) is 5.43. The van der Waals surface area contributed by atoms with Crippen molar-refractivity contribution in [2.24, 2.45) is 0 Å². The highest BCUT2D eigenvalue weighted by atomic mass is 35.5. The number of ether oxygens (including phenoxy) is 2. The summed E-state index contributed by atoms with van der Waals surface area (Å²) in [5, 5.41) is 10.4. The Labute approximate surface area is 124 Å². The first-order chi connectivity index (χ1) is 9.31. The van der Waals surface area contributed by atoms with Gasteiger partial charge in [0.25, 0.3) is 0 Å². The molecule has 0 fully saturated rings. The molecule has 0 amide bonds. The summed E-state index contributed by atoms with van der Waals surface area (Å²) in [5.41, 5.74) is 0.520. The van der Waals surface area contributed by atoms with Crippen LogP contribution in [0, 0.1) is 0 Å². The maximum absolute atomic E-state index is 11.5. The van der Waals surface area contributed by atoms with E-state index in [-0.39, 0.29) is 13.0 Å². The maximum atomic E-state index is 11.5. The minimum atomic E-state index is -1.15. The standard InChI is InChI=1S/C15H21ClO4/c1-5-20-14(18)12(17)9-15(2,3)10-6-7-11(16)13(8-10)19-4/h6-8,12,17H,5,9H2,1-4H3. The number of hydrogen-bond donors (Lipinski definition) is 1. The monoisotopic (exact) mass is 300 g/mol. The van der Waals surface area contributed by atoms with E-state index >= 15 is 0 Å². The minimum absolute atomic E-state index is 0.255. The van der Waals surface area contributed by atoms with Crippen molar-refractivity contribution in [2.75, 3.05) is 13.7 Å². The van der Waals surface area contributed by atoms with E-state index in [1.54, 1.807) is 20.1 Å². The van der Waals surface area contributed by atoms with Gasteiger partial charge in [0, 0.05) is 0 Å². The smallest absolute Gasteiger partial charge is 0.334 e. The molecular formula is C15H21ClO4. The number of methoxy groups -OCH3 is 1. The predicted molar refractivity (Wildman–Crippen MR) is 78.3 cm³/mol. The van der Waals surface area contributed by atoms with Crippen LogP contribution in [0.2, 0.25) is 5.02 Å². The number of aliphatic hydroxyl groups excluding tert-OH is 1. The summed E-state index contributed by atoms with van der Waals surface area (Å²) < 4.78 is 10.0. The molecule has 1 atom stereocenters. The highest BCUT2D eigenvalue weighted by Gasteiger charge is 2.29. The number of benzene rings is 1. The van der Waals surface area contributed by atoms with Gasteiger partial charge >= 0.3 is 5.97 Å². The van der Waals surface area contributed by atoms with Gasteiger partial charge in [-0.1, -0.05) is 31.5 Å². The van der Waals surface area contributed by atoms with Crippen LogP contribution in [0.3, 0.4) is 0 Å². The number of carbonyl (C=O) groups excluding carboxylic acids is 1. The molecule has 4 nitrogen and oxygen atoms in total. The third-order valence-corrected chi connectivity index (χ3v) is 3.51. The van der Waals surface area contributed by atoms with Crippen LogP contribution in [0.15, 0.2) is 18.2 Å². The largest absolute Gasteiger partial charge is 0.495 e. The van der Waals surface area contributed by atoms with Crippen LogP contribution in [0.25, 0.3) is 0 Å². The van der Waals surface area contributed by atoms with Crippen molar-refractivity contribution in [1.82, 2.24) is 0 Å². The van der Waals surface area contributed by atoms with Crippen LogP contribution in [-0.2, 0) is 14.9 Å². The fourth-order valence-corrected chi connectivity index (χ4v) is 2.20. The van der Waals surface area contributed by atoms with Gasteiger partial charge in [-0.3, -0.25) is 0 Å². The number of esters is 1. The number of halogens is 1. The molecule has 0 aromatic heterocycles. The third kappa shape index (κ3) is 4.12. The maximum Gasteiger partial charge on any atom is 0.334 e. The molecule has 0 bridgehead atoms. The minimum Gasteiger partial charge on any atom is -0.495 e. The summed E-state index contributed by atoms with van der Waals surface area (Å²) >= 11 is 6.00. The van der Waals surface area contributed by atoms with Crippen LogP contribution in [0.4, 0.5) is 0 Å². The molecule has 0 radical (unpaired) electrons. The Morgan fingerprint density at radius 1 is 1.45 bits per heavy atom. The Morgan fingerprint density at radius 3 is 2.65 bits per heavy atom. The molecule has 0 aliphatic rings. The van der Waals surface area contributed by atoms with Crippen molar-refractivity contribution >= 4 is 17.6 Å². The number of rotatable bonds is 6. The predicted octanol–water partition coefficient (Wildman–Crippen LogP) is 2.94. The first-order valence-corrected chi connectivity index (χ1v) is 6.88. The van der Waals surface area contributed by atoms with Gasteiger partial charge in [0.2, 0.25) is 0 Å². The van der Waals surface area contributed by atoms with Crippen LogP contribution < -0.4 is 4.74 Å². The normalized spacial score (nSPS) is 12.9. The molecule has 1 aromatic rings. The van der Waals surface area contributed by atoms with Gasteiger partial charge in [0.1, 0.15) is 5.75 Å². The molecule has 1 rings (SSSR count). The van der Waals surface area contributed by atoms with Crippen molar-refractivity contribution in [3.63, 3.8) is 0 Å². The SMILES string of the molecule is CCOC(=O)C(O)CC(C)(C)c1ccc(Cl)c(OC)c1. The van der Waals surface area contributed by atoms with Crippen molar-refractivity contribution in [3.05, 3.63) is 28.8 Å². The summed E-state index contributed by atoms with van der Waals surface area (Å²) in [4.78, 5) is 11.5. The highest BCUT2D eigenvalue weighted by molar-refractivity contribution is 6.32. The summed E-state index contributed by atoms with van der Waals surface area (Å²) in [6.07, 6.45) is -0.886. The van der Waals surface area contributed by atoms with Gasteiger partial charge in [-0.25, -0.2) is 4.79 Å². The zero-order valence-corrected chi connectivity index (χ0v) is 13.0. The molecule has 0 aliphatic carbocycles. The van der Waals surface area contributed by atoms with Crippen LogP contribution >= 0.6 is 11.6 Å². The second-order valence-corrected chi connectivity index (χ2v) is 5.61. The van der Waals surface area contributed by atoms with Gasteiger partial charge in [-0.15, -0.1) is 0 Å². The van der Waals surface area contributed by atoms with Crippen molar-refractivity contribution in [2.45, 2.75) is 38.7 Å². The molecule has 20 heavy (non-hydrogen) atoms. The first-order valence-electron chi connectivity index (χ1n) is 6.50. The van der Waals surface area contributed by atoms with E-state index in [2.05, 4.69) is 0 Å². The van der Waals surface area contributed by atoms with E-state index in [1.165, 1.54) is 0 Å². The second kappa shape index (κ2) is 6.95. The van der Waals surface area contributed by atoms with E-state index in [4.69, 9.17) is 21.1 Å². The first kappa shape index (κ1) is 16.8. The molecule has 1 unspecified atom stereocenters. The van der Waals surface area contributed by atoms with Gasteiger partial charge < -0.3 is 14.6 Å². The molecule has 0 aliphatic heterocycles. The fourth-order valence-electron chi connectivity index (χ4n) is 2.00. The Hall–Kier alpha value is -1.26. The molecule has 0 heterocycles. The zero-order chi connectivity index (χ0) is 15.3. The average molecular weight is 301 g/mol. The second-order valence-electron chi connectivity index (χ2n) is 5.21. The highest BCUT2D eigenvalue weighted by Crippen LogP contribution is 2.34. The van der Waals surface area contributed by atoms with Crippen LogP contribution in [0.5, 0.6) is 5.75 Å². The van der Waals surface area contributed by atoms with Gasteiger partial charge in [0.15, 0.2) is 6.10 Å². The number of hydrogen-bond acceptors (Lipinski definition) is 4. The lowest BCUT2D eigenvalue weighted by atomic mass is 9.79. The number of aliphatic hydroxyl groups is 1. The molecule has 1 N–H and O–H groups in total. The molecule has 0 spiro atoms. The van der Waals surface area contributed by atoms with Crippen LogP contribution in [-0.4, -0.2) is 30.9 Å². The summed E-state index contributed by atoms with van der Waals surface area (Å²) in [6.45, 7) is 5.85. The lowest BCUT2D eigenvalue weighted by molar-refractivity contribution is -0.154. The molecule has 1 aromatic carbocycles. The topological polar surface area (TPSA) is 55.8 Å². The van der Waals surface area contributed by atoms with E-state index in [0.717, 1.165) is 5.56 Å². The molecule has 0 saturated carbocycles. The fraction of sp³-hybridized carbons (Fsp3) is 0.533. The Balaban J connectivity index is 2.90. The zero-order valence-electron chi connectivity index (χ0n) is 12.3. The van der Waals surface area contributed by atoms with E-state index < -0.39 is 17.5 Å². The van der Waals surface area contributed by atoms with Gasteiger partial charge in [0.05, 0.1) is 18.7 Å². The average Bonchev–Trinajstić information content (AvgIpc) is 2.38.